The molecule has 1 aliphatic carbocycles. The second-order valence-corrected chi connectivity index (χ2v) is 9.78. The van der Waals surface area contributed by atoms with Crippen molar-refractivity contribution in [1.29, 1.82) is 0 Å². The molecule has 152 valence electrons. The van der Waals surface area contributed by atoms with Crippen LogP contribution in [0.1, 0.15) is 38.3 Å². The molecule has 1 saturated heterocycles. The van der Waals surface area contributed by atoms with Gasteiger partial charge in [0.2, 0.25) is 5.91 Å². The summed E-state index contributed by atoms with van der Waals surface area (Å²) in [5, 5.41) is 10.8. The Labute approximate surface area is 175 Å². The smallest absolute Gasteiger partial charge is 0.234 e. The number of nitrogens with zero attached hydrogens (tertiary/aromatic N) is 3. The number of thiophene rings is 1. The second-order valence-electron chi connectivity index (χ2n) is 8.14. The molecule has 3 heterocycles. The number of piperazine rings is 1. The maximum Gasteiger partial charge on any atom is 0.234 e. The number of carbonyl (C=O) groups excluding carboxylic acids is 1. The number of amides is 1. The average molecular weight is 419 g/mol. The number of carbonyl (C=O) groups is 1. The maximum absolute atomic E-state index is 12.4. The molecule has 2 atom stereocenters. The largest absolute Gasteiger partial charge is 0.352 e. The summed E-state index contributed by atoms with van der Waals surface area (Å²) < 4.78 is 0. The lowest BCUT2D eigenvalue weighted by Gasteiger charge is -2.35. The van der Waals surface area contributed by atoms with Crippen LogP contribution in [0.2, 0.25) is 0 Å². The first kappa shape index (κ1) is 20.0. The van der Waals surface area contributed by atoms with Gasteiger partial charge in [0.25, 0.3) is 0 Å². The molecule has 0 bridgehead atoms. The molecule has 0 aromatic carbocycles. The monoisotopic (exact) mass is 418 g/mol. The highest BCUT2D eigenvalue weighted by Gasteiger charge is 2.25. The summed E-state index contributed by atoms with van der Waals surface area (Å²) in [6.07, 6.45) is 4.94. The Balaban J connectivity index is 1.20. The number of hydrogen-bond donors (Lipinski definition) is 1. The van der Waals surface area contributed by atoms with Gasteiger partial charge in [-0.2, -0.15) is 11.3 Å². The van der Waals surface area contributed by atoms with Crippen molar-refractivity contribution in [3.8, 4) is 10.6 Å². The van der Waals surface area contributed by atoms with Gasteiger partial charge in [-0.1, -0.05) is 19.8 Å². The van der Waals surface area contributed by atoms with Crippen LogP contribution in [0.5, 0.6) is 0 Å². The fourth-order valence-electron chi connectivity index (χ4n) is 4.22. The molecular weight excluding hydrogens is 388 g/mol. The lowest BCUT2D eigenvalue weighted by atomic mass is 9.86. The van der Waals surface area contributed by atoms with Crippen LogP contribution in [-0.2, 0) is 11.3 Å². The molecule has 2 fully saturated rings. The standard InChI is InChI=1S/C21H30N4OS2/c1-16-4-2-3-5-19(16)23-20(26)13-25-9-7-24(8-10-25)12-18-15-28-21(22-18)17-6-11-27-14-17/h6,11,14-16,19H,2-5,7-10,12-13H2,1H3,(H,23,26)/t16-,19+/m1/s1. The summed E-state index contributed by atoms with van der Waals surface area (Å²) >= 11 is 3.44. The molecule has 1 amide bonds. The van der Waals surface area contributed by atoms with E-state index in [2.05, 4.69) is 44.2 Å². The van der Waals surface area contributed by atoms with Gasteiger partial charge in [-0.25, -0.2) is 4.98 Å². The van der Waals surface area contributed by atoms with Gasteiger partial charge in [0.1, 0.15) is 5.01 Å². The highest BCUT2D eigenvalue weighted by atomic mass is 32.1. The molecular formula is C21H30N4OS2. The Bertz CT molecular complexity index is 752. The number of hydrogen-bond acceptors (Lipinski definition) is 6. The van der Waals surface area contributed by atoms with E-state index in [-0.39, 0.29) is 5.91 Å². The zero-order chi connectivity index (χ0) is 19.3. The van der Waals surface area contributed by atoms with Gasteiger partial charge in [-0.3, -0.25) is 14.6 Å². The topological polar surface area (TPSA) is 48.5 Å². The molecule has 0 spiro atoms. The molecule has 1 aliphatic heterocycles. The Morgan fingerprint density at radius 3 is 2.71 bits per heavy atom. The summed E-state index contributed by atoms with van der Waals surface area (Å²) in [5.41, 5.74) is 2.38. The Kier molecular flexibility index (Phi) is 6.77. The quantitative estimate of drug-likeness (QED) is 0.777. The van der Waals surface area contributed by atoms with E-state index in [1.54, 1.807) is 22.7 Å². The molecule has 0 unspecified atom stereocenters. The second kappa shape index (κ2) is 9.48. The third-order valence-corrected chi connectivity index (χ3v) is 7.62. The van der Waals surface area contributed by atoms with Gasteiger partial charge in [0.05, 0.1) is 12.2 Å². The van der Waals surface area contributed by atoms with Gasteiger partial charge < -0.3 is 5.32 Å². The van der Waals surface area contributed by atoms with Crippen molar-refractivity contribution in [3.05, 3.63) is 27.9 Å². The minimum atomic E-state index is 0.201. The van der Waals surface area contributed by atoms with Crippen molar-refractivity contribution in [3.63, 3.8) is 0 Å². The fraction of sp³-hybridized carbons (Fsp3) is 0.619. The van der Waals surface area contributed by atoms with Gasteiger partial charge in [-0.15, -0.1) is 11.3 Å². The Hall–Kier alpha value is -1.28. The summed E-state index contributed by atoms with van der Waals surface area (Å²) in [5.74, 6) is 0.818. The van der Waals surface area contributed by atoms with E-state index in [4.69, 9.17) is 4.98 Å². The minimum absolute atomic E-state index is 0.201. The Morgan fingerprint density at radius 1 is 1.18 bits per heavy atom. The highest BCUT2D eigenvalue weighted by Crippen LogP contribution is 2.26. The molecule has 1 saturated carbocycles. The van der Waals surface area contributed by atoms with Crippen LogP contribution in [0.3, 0.4) is 0 Å². The van der Waals surface area contributed by atoms with Gasteiger partial charge in [0, 0.05) is 55.1 Å². The highest BCUT2D eigenvalue weighted by molar-refractivity contribution is 7.14. The van der Waals surface area contributed by atoms with E-state index in [1.165, 1.54) is 24.8 Å². The lowest BCUT2D eigenvalue weighted by Crippen LogP contribution is -2.51. The van der Waals surface area contributed by atoms with E-state index in [0.717, 1.165) is 49.8 Å². The number of aromatic nitrogens is 1. The van der Waals surface area contributed by atoms with Crippen LogP contribution in [0.15, 0.2) is 22.2 Å². The number of nitrogens with one attached hydrogen (secondary N) is 1. The normalized spacial score (nSPS) is 24.3. The maximum atomic E-state index is 12.4. The molecule has 2 aromatic rings. The molecule has 28 heavy (non-hydrogen) atoms. The molecule has 2 aliphatic rings. The zero-order valence-corrected chi connectivity index (χ0v) is 18.2. The van der Waals surface area contributed by atoms with Crippen molar-refractivity contribution < 1.29 is 4.79 Å². The predicted molar refractivity (Wildman–Crippen MR) is 117 cm³/mol. The van der Waals surface area contributed by atoms with E-state index in [1.807, 2.05) is 0 Å². The molecule has 2 aromatic heterocycles. The van der Waals surface area contributed by atoms with Crippen molar-refractivity contribution in [2.45, 2.75) is 45.2 Å². The summed E-state index contributed by atoms with van der Waals surface area (Å²) in [4.78, 5) is 22.0. The third-order valence-electron chi connectivity index (χ3n) is 6.00. The zero-order valence-electron chi connectivity index (χ0n) is 16.6. The number of rotatable bonds is 6. The molecule has 7 heteroatoms. The van der Waals surface area contributed by atoms with Gasteiger partial charge in [0.15, 0.2) is 0 Å². The van der Waals surface area contributed by atoms with Crippen LogP contribution < -0.4 is 5.32 Å². The SMILES string of the molecule is C[C@@H]1CCCC[C@@H]1NC(=O)CN1CCN(Cc2csc(-c3ccsc3)n2)CC1. The van der Waals surface area contributed by atoms with Crippen molar-refractivity contribution in [2.24, 2.45) is 5.92 Å². The molecule has 0 radical (unpaired) electrons. The van der Waals surface area contributed by atoms with Crippen LogP contribution in [-0.4, -0.2) is 59.5 Å². The first-order valence-corrected chi connectivity index (χ1v) is 12.2. The average Bonchev–Trinajstić information content (AvgIpc) is 3.37. The lowest BCUT2D eigenvalue weighted by molar-refractivity contribution is -0.124. The Morgan fingerprint density at radius 2 is 1.96 bits per heavy atom. The van der Waals surface area contributed by atoms with Crippen LogP contribution in [0, 0.1) is 5.92 Å². The fourth-order valence-corrected chi connectivity index (χ4v) is 5.74. The van der Waals surface area contributed by atoms with Crippen LogP contribution in [0.25, 0.3) is 10.6 Å². The molecule has 4 rings (SSSR count). The first-order chi connectivity index (χ1) is 13.7. The molecule has 5 nitrogen and oxygen atoms in total. The van der Waals surface area contributed by atoms with E-state index >= 15 is 0 Å². The predicted octanol–water partition coefficient (Wildman–Crippen LogP) is 3.68. The van der Waals surface area contributed by atoms with Gasteiger partial charge in [-0.05, 0) is 30.2 Å². The summed E-state index contributed by atoms with van der Waals surface area (Å²) in [7, 11) is 0. The number of thiazole rings is 1. The van der Waals surface area contributed by atoms with Crippen molar-refractivity contribution in [1.82, 2.24) is 20.1 Å². The van der Waals surface area contributed by atoms with E-state index in [0.29, 0.717) is 18.5 Å². The minimum Gasteiger partial charge on any atom is -0.352 e. The third kappa shape index (κ3) is 5.20. The van der Waals surface area contributed by atoms with Crippen LogP contribution in [0.4, 0.5) is 0 Å². The van der Waals surface area contributed by atoms with Crippen LogP contribution >= 0.6 is 22.7 Å². The van der Waals surface area contributed by atoms with Crippen molar-refractivity contribution >= 4 is 28.6 Å². The molecule has 1 N–H and O–H groups in total. The van der Waals surface area contributed by atoms with E-state index < -0.39 is 0 Å². The summed E-state index contributed by atoms with van der Waals surface area (Å²) in [6, 6.07) is 2.51. The van der Waals surface area contributed by atoms with Gasteiger partial charge >= 0.3 is 0 Å². The van der Waals surface area contributed by atoms with Crippen molar-refractivity contribution in [2.75, 3.05) is 32.7 Å². The first-order valence-electron chi connectivity index (χ1n) is 10.4. The van der Waals surface area contributed by atoms with E-state index in [9.17, 15) is 4.79 Å². The summed E-state index contributed by atoms with van der Waals surface area (Å²) in [6.45, 7) is 7.61.